The van der Waals surface area contributed by atoms with Crippen molar-refractivity contribution in [3.63, 3.8) is 0 Å². The number of anilines is 4. The number of benzene rings is 2. The molecule has 0 aromatic heterocycles. The fourth-order valence-electron chi connectivity index (χ4n) is 8.62. The summed E-state index contributed by atoms with van der Waals surface area (Å²) in [5, 5.41) is 25.2. The van der Waals surface area contributed by atoms with E-state index in [0.29, 0.717) is 0 Å². The molecule has 2 aliphatic heterocycles. The van der Waals surface area contributed by atoms with Gasteiger partial charge in [-0.05, 0) is 97.9 Å². The Morgan fingerprint density at radius 1 is 0.538 bits per heavy atom. The minimum atomic E-state index is -4.67. The molecule has 65 heavy (non-hydrogen) atoms. The van der Waals surface area contributed by atoms with Gasteiger partial charge in [0.15, 0.2) is 0 Å². The molecule has 0 atom stereocenters. The molecule has 2 aromatic carbocycles. The summed E-state index contributed by atoms with van der Waals surface area (Å²) < 4.78 is 31.6. The van der Waals surface area contributed by atoms with Gasteiger partial charge in [0.05, 0.1) is 35.6 Å². The first-order valence-corrected chi connectivity index (χ1v) is 25.1. The first-order valence-electron chi connectivity index (χ1n) is 23.7. The van der Waals surface area contributed by atoms with Crippen molar-refractivity contribution >= 4 is 56.9 Å². The molecule has 0 bridgehead atoms. The molecule has 4 rings (SSSR count). The molecule has 368 valence electrons. The van der Waals surface area contributed by atoms with E-state index in [1.165, 1.54) is 75.3 Å². The second kappa shape index (κ2) is 25.6. The molecule has 0 saturated carbocycles. The fourth-order valence-corrected chi connectivity index (χ4v) is 8.62. The van der Waals surface area contributed by atoms with Crippen molar-refractivity contribution in [1.29, 1.82) is 0 Å². The molecule has 14 nitrogen and oxygen atoms in total. The van der Waals surface area contributed by atoms with E-state index in [2.05, 4.69) is 34.3 Å². The van der Waals surface area contributed by atoms with Crippen molar-refractivity contribution in [2.24, 2.45) is 10.8 Å². The number of carboxylic acids is 2. The average Bonchev–Trinajstić information content (AvgIpc) is 3.81. The highest BCUT2D eigenvalue weighted by Gasteiger charge is 2.33. The number of carbonyl (C=O) groups is 4. The SMILES string of the molecule is CCCCCCCCN1CCc2c(C)c(CC(=O)O)c(C)c(NC(=O)C(C)(C)C)c21.CCCCCCCCN1CCc2c(C)c(CC(=O)O)c(C)c(NC(=O)C(C)(C)C)c21.O=S(=O)(O)O. The molecule has 0 saturated heterocycles. The Bertz CT molecular complexity index is 1930. The lowest BCUT2D eigenvalue weighted by Crippen LogP contribution is -2.30. The second-order valence-corrected chi connectivity index (χ2v) is 20.8. The maximum atomic E-state index is 12.8. The first kappa shape index (κ1) is 56.9. The number of nitrogens with zero attached hydrogens (tertiary/aromatic N) is 2. The van der Waals surface area contributed by atoms with Crippen molar-refractivity contribution in [1.82, 2.24) is 0 Å². The van der Waals surface area contributed by atoms with E-state index >= 15 is 0 Å². The molecule has 2 amide bonds. The van der Waals surface area contributed by atoms with Crippen molar-refractivity contribution in [2.75, 3.05) is 46.6 Å². The highest BCUT2D eigenvalue weighted by atomic mass is 32.3. The third-order valence-corrected chi connectivity index (χ3v) is 12.5. The van der Waals surface area contributed by atoms with Gasteiger partial charge >= 0.3 is 22.3 Å². The van der Waals surface area contributed by atoms with E-state index in [9.17, 15) is 29.4 Å². The molecular formula is C50H82N4O10S. The monoisotopic (exact) mass is 931 g/mol. The van der Waals surface area contributed by atoms with Crippen LogP contribution in [0.1, 0.15) is 177 Å². The summed E-state index contributed by atoms with van der Waals surface area (Å²) in [5.41, 5.74) is 10.8. The van der Waals surface area contributed by atoms with Crippen LogP contribution in [0.15, 0.2) is 0 Å². The molecule has 15 heteroatoms. The molecule has 2 aliphatic rings. The Morgan fingerprint density at radius 2 is 0.831 bits per heavy atom. The zero-order valence-electron chi connectivity index (χ0n) is 41.7. The Morgan fingerprint density at radius 3 is 1.11 bits per heavy atom. The molecule has 0 radical (unpaired) electrons. The number of aliphatic carboxylic acids is 2. The number of amides is 2. The van der Waals surface area contributed by atoms with Crippen LogP contribution in [0.25, 0.3) is 0 Å². The number of rotatable bonds is 20. The summed E-state index contributed by atoms with van der Waals surface area (Å²) >= 11 is 0. The van der Waals surface area contributed by atoms with Gasteiger partial charge in [-0.15, -0.1) is 0 Å². The van der Waals surface area contributed by atoms with Crippen LogP contribution in [0.5, 0.6) is 0 Å². The van der Waals surface area contributed by atoms with Gasteiger partial charge in [-0.2, -0.15) is 8.42 Å². The minimum Gasteiger partial charge on any atom is -0.481 e. The van der Waals surface area contributed by atoms with Crippen molar-refractivity contribution in [3.8, 4) is 0 Å². The predicted octanol–water partition coefficient (Wildman–Crippen LogP) is 10.6. The van der Waals surface area contributed by atoms with Gasteiger partial charge in [0, 0.05) is 37.0 Å². The van der Waals surface area contributed by atoms with Crippen LogP contribution in [-0.2, 0) is 55.3 Å². The number of unbranched alkanes of at least 4 members (excludes halogenated alkanes) is 10. The number of hydrogen-bond donors (Lipinski definition) is 6. The van der Waals surface area contributed by atoms with Gasteiger partial charge in [-0.3, -0.25) is 28.3 Å². The lowest BCUT2D eigenvalue weighted by molar-refractivity contribution is -0.137. The molecule has 0 unspecified atom stereocenters. The Hall–Kier alpha value is -4.21. The Balaban J connectivity index is 0.000000404. The van der Waals surface area contributed by atoms with E-state index in [-0.39, 0.29) is 24.7 Å². The summed E-state index contributed by atoms with van der Waals surface area (Å²) in [5.74, 6) is -1.75. The highest BCUT2D eigenvalue weighted by molar-refractivity contribution is 7.79. The Kier molecular flexibility index (Phi) is 22.4. The largest absolute Gasteiger partial charge is 0.481 e. The molecule has 0 aliphatic carbocycles. The van der Waals surface area contributed by atoms with E-state index in [1.54, 1.807) is 0 Å². The van der Waals surface area contributed by atoms with Gasteiger partial charge in [0.25, 0.3) is 0 Å². The topological polar surface area (TPSA) is 214 Å². The van der Waals surface area contributed by atoms with E-state index in [4.69, 9.17) is 17.5 Å². The predicted molar refractivity (Wildman–Crippen MR) is 263 cm³/mol. The molecule has 0 spiro atoms. The van der Waals surface area contributed by atoms with Gasteiger partial charge in [-0.25, -0.2) is 0 Å². The van der Waals surface area contributed by atoms with Gasteiger partial charge in [0.2, 0.25) is 11.8 Å². The number of hydrogen-bond acceptors (Lipinski definition) is 8. The molecule has 6 N–H and O–H groups in total. The smallest absolute Gasteiger partial charge is 0.394 e. The zero-order valence-corrected chi connectivity index (χ0v) is 42.5. The maximum absolute atomic E-state index is 12.8. The lowest BCUT2D eigenvalue weighted by atomic mass is 9.90. The van der Waals surface area contributed by atoms with Gasteiger partial charge in [0.1, 0.15) is 0 Å². The molecule has 2 aromatic rings. The standard InChI is InChI=1S/2C25H40N2O3.H2O4S/c2*1-7-8-9-10-11-12-14-27-15-13-19-17(2)20(16-21(28)29)18(3)22(23(19)27)26-24(30)25(4,5)6;1-5(2,3)4/h2*7-16H2,1-6H3,(H,26,30)(H,28,29);(H2,1,2,3,4). The Labute approximate surface area is 390 Å². The van der Waals surface area contributed by atoms with Crippen LogP contribution < -0.4 is 20.4 Å². The highest BCUT2D eigenvalue weighted by Crippen LogP contribution is 2.45. The van der Waals surface area contributed by atoms with Gasteiger partial charge < -0.3 is 30.6 Å². The zero-order chi connectivity index (χ0) is 49.4. The van der Waals surface area contributed by atoms with Crippen LogP contribution in [0.2, 0.25) is 0 Å². The van der Waals surface area contributed by atoms with Crippen LogP contribution >= 0.6 is 0 Å². The van der Waals surface area contributed by atoms with Crippen molar-refractivity contribution < 1.29 is 46.9 Å². The van der Waals surface area contributed by atoms with Crippen LogP contribution in [0.3, 0.4) is 0 Å². The summed E-state index contributed by atoms with van der Waals surface area (Å²) in [6, 6.07) is 0. The average molecular weight is 931 g/mol. The molecular weight excluding hydrogens is 849 g/mol. The van der Waals surface area contributed by atoms with E-state index in [1.807, 2.05) is 69.2 Å². The molecule has 0 fully saturated rings. The summed E-state index contributed by atoms with van der Waals surface area (Å²) in [6.45, 7) is 27.7. The fraction of sp³-hybridized carbons (Fsp3) is 0.680. The first-order chi connectivity index (χ1) is 30.1. The van der Waals surface area contributed by atoms with Crippen LogP contribution in [0.4, 0.5) is 22.7 Å². The normalized spacial score (nSPS) is 13.3. The number of carboxylic acid groups (broad SMARTS) is 2. The third-order valence-electron chi connectivity index (χ3n) is 12.5. The summed E-state index contributed by atoms with van der Waals surface area (Å²) in [4.78, 5) is 53.4. The maximum Gasteiger partial charge on any atom is 0.394 e. The summed E-state index contributed by atoms with van der Waals surface area (Å²) in [6.07, 6.45) is 16.8. The third kappa shape index (κ3) is 17.8. The van der Waals surface area contributed by atoms with Crippen LogP contribution in [0, 0.1) is 38.5 Å². The summed E-state index contributed by atoms with van der Waals surface area (Å²) in [7, 11) is -4.67. The number of nitrogens with one attached hydrogen (secondary N) is 2. The quantitative estimate of drug-likeness (QED) is 0.0540. The van der Waals surface area contributed by atoms with Gasteiger partial charge in [-0.1, -0.05) is 120 Å². The lowest BCUT2D eigenvalue weighted by Gasteiger charge is -2.28. The van der Waals surface area contributed by atoms with E-state index < -0.39 is 33.2 Å². The number of fused-ring (bicyclic) bond motifs is 2. The van der Waals surface area contributed by atoms with Crippen molar-refractivity contribution in [2.45, 2.75) is 186 Å². The van der Waals surface area contributed by atoms with E-state index in [0.717, 1.165) is 108 Å². The van der Waals surface area contributed by atoms with Crippen molar-refractivity contribution in [3.05, 3.63) is 44.5 Å². The number of carbonyl (C=O) groups excluding carboxylic acids is 2. The minimum absolute atomic E-state index is 0.0131. The van der Waals surface area contributed by atoms with Crippen LogP contribution in [-0.4, -0.2) is 77.7 Å². The molecule has 2 heterocycles. The second-order valence-electron chi connectivity index (χ2n) is 19.9.